The van der Waals surface area contributed by atoms with Gasteiger partial charge < -0.3 is 9.84 Å². The molecule has 0 saturated carbocycles. The molecule has 23 heavy (non-hydrogen) atoms. The fourth-order valence-electron chi connectivity index (χ4n) is 1.76. The van der Waals surface area contributed by atoms with Gasteiger partial charge >= 0.3 is 12.1 Å². The van der Waals surface area contributed by atoms with E-state index in [1.54, 1.807) is 6.07 Å². The van der Waals surface area contributed by atoms with Crippen molar-refractivity contribution in [3.63, 3.8) is 0 Å². The average molecular weight is 323 g/mol. The molecular weight excluding hydrogens is 311 g/mol. The second kappa shape index (κ2) is 6.62. The highest BCUT2D eigenvalue weighted by Crippen LogP contribution is 2.31. The summed E-state index contributed by atoms with van der Waals surface area (Å²) < 4.78 is 42.7. The maximum atomic E-state index is 12.6. The topological polar surface area (TPSA) is 59.4 Å². The second-order valence-electron chi connectivity index (χ2n) is 4.63. The summed E-state index contributed by atoms with van der Waals surface area (Å²) >= 11 is 0. The Hall–Kier alpha value is -2.67. The lowest BCUT2D eigenvalue weighted by Gasteiger charge is -2.13. The van der Waals surface area contributed by atoms with Crippen LogP contribution in [0, 0.1) is 0 Å². The number of alkyl halides is 3. The summed E-state index contributed by atoms with van der Waals surface area (Å²) in [6.45, 7) is 3.42. The Morgan fingerprint density at radius 2 is 2.00 bits per heavy atom. The molecule has 1 N–H and O–H groups in total. The quantitative estimate of drug-likeness (QED) is 0.533. The molecule has 0 bridgehead atoms. The molecule has 0 saturated heterocycles. The summed E-state index contributed by atoms with van der Waals surface area (Å²) in [6.07, 6.45) is -3.08. The van der Waals surface area contributed by atoms with Gasteiger partial charge in [-0.1, -0.05) is 18.7 Å². The number of aliphatic hydroxyl groups excluding tert-OH is 1. The molecule has 1 heterocycles. The van der Waals surface area contributed by atoms with Gasteiger partial charge in [0.1, 0.15) is 11.9 Å². The van der Waals surface area contributed by atoms with Gasteiger partial charge in [-0.25, -0.2) is 4.79 Å². The number of nitrogens with zero attached hydrogens (tertiary/aromatic N) is 1. The van der Waals surface area contributed by atoms with Gasteiger partial charge in [0.2, 0.25) is 0 Å². The fraction of sp³-hybridized carbons (Fsp3) is 0.125. The third kappa shape index (κ3) is 4.17. The Morgan fingerprint density at radius 1 is 1.26 bits per heavy atom. The van der Waals surface area contributed by atoms with Crippen LogP contribution in [0.1, 0.15) is 17.2 Å². The molecule has 0 spiro atoms. The predicted molar refractivity (Wildman–Crippen MR) is 75.4 cm³/mol. The van der Waals surface area contributed by atoms with Gasteiger partial charge in [-0.3, -0.25) is 4.98 Å². The summed E-state index contributed by atoms with van der Waals surface area (Å²) in [6, 6.07) is 6.96. The van der Waals surface area contributed by atoms with Crippen LogP contribution < -0.4 is 4.74 Å². The van der Waals surface area contributed by atoms with E-state index in [1.807, 2.05) is 0 Å². The number of hydrogen-bond acceptors (Lipinski definition) is 4. The maximum absolute atomic E-state index is 12.6. The number of ether oxygens (including phenoxy) is 1. The van der Waals surface area contributed by atoms with Crippen molar-refractivity contribution < 1.29 is 27.8 Å². The highest BCUT2D eigenvalue weighted by molar-refractivity contribution is 5.90. The van der Waals surface area contributed by atoms with Crippen LogP contribution >= 0.6 is 0 Å². The van der Waals surface area contributed by atoms with Gasteiger partial charge in [-0.15, -0.1) is 0 Å². The molecule has 1 unspecified atom stereocenters. The minimum absolute atomic E-state index is 0.288. The van der Waals surface area contributed by atoms with Crippen molar-refractivity contribution in [2.75, 3.05) is 0 Å². The Balaban J connectivity index is 2.11. The molecule has 0 aliphatic heterocycles. The first-order chi connectivity index (χ1) is 10.8. The van der Waals surface area contributed by atoms with E-state index in [2.05, 4.69) is 11.6 Å². The minimum atomic E-state index is -4.55. The molecule has 0 radical (unpaired) electrons. The Labute approximate surface area is 129 Å². The van der Waals surface area contributed by atoms with E-state index in [-0.39, 0.29) is 11.3 Å². The first kappa shape index (κ1) is 16.7. The minimum Gasteiger partial charge on any atom is -0.423 e. The molecule has 4 nitrogen and oxygen atoms in total. The number of aliphatic hydroxyl groups is 1. The van der Waals surface area contributed by atoms with Crippen LogP contribution in [-0.4, -0.2) is 16.1 Å². The molecule has 1 aromatic heterocycles. The van der Waals surface area contributed by atoms with E-state index in [0.29, 0.717) is 11.6 Å². The number of rotatable bonds is 4. The second-order valence-corrected chi connectivity index (χ2v) is 4.63. The van der Waals surface area contributed by atoms with E-state index in [9.17, 15) is 23.1 Å². The van der Waals surface area contributed by atoms with E-state index >= 15 is 0 Å². The van der Waals surface area contributed by atoms with Gasteiger partial charge in [0.25, 0.3) is 0 Å². The van der Waals surface area contributed by atoms with Crippen LogP contribution in [0.2, 0.25) is 0 Å². The van der Waals surface area contributed by atoms with Crippen molar-refractivity contribution in [1.82, 2.24) is 4.98 Å². The Kier molecular flexibility index (Phi) is 4.80. The van der Waals surface area contributed by atoms with Crippen LogP contribution in [0.15, 0.2) is 60.9 Å². The van der Waals surface area contributed by atoms with Crippen molar-refractivity contribution >= 4 is 5.97 Å². The molecule has 120 valence electrons. The molecule has 0 aliphatic carbocycles. The van der Waals surface area contributed by atoms with E-state index in [0.717, 1.165) is 12.1 Å². The summed E-state index contributed by atoms with van der Waals surface area (Å²) in [4.78, 5) is 15.7. The highest BCUT2D eigenvalue weighted by atomic mass is 19.4. The van der Waals surface area contributed by atoms with E-state index in [1.165, 1.54) is 24.5 Å². The Morgan fingerprint density at radius 3 is 2.61 bits per heavy atom. The zero-order chi connectivity index (χ0) is 17.0. The maximum Gasteiger partial charge on any atom is 0.416 e. The largest absolute Gasteiger partial charge is 0.423 e. The molecule has 1 aromatic carbocycles. The number of halogens is 3. The number of esters is 1. The number of aromatic nitrogens is 1. The molecule has 1 atom stereocenters. The number of benzene rings is 1. The molecule has 2 aromatic rings. The van der Waals surface area contributed by atoms with Gasteiger partial charge in [-0.05, 0) is 24.3 Å². The third-order valence-corrected chi connectivity index (χ3v) is 2.96. The zero-order valence-electron chi connectivity index (χ0n) is 11.7. The first-order valence-corrected chi connectivity index (χ1v) is 6.45. The summed E-state index contributed by atoms with van der Waals surface area (Å²) in [5, 5.41) is 10.0. The molecule has 7 heteroatoms. The molecule has 0 amide bonds. The number of hydrogen-bond donors (Lipinski definition) is 1. The predicted octanol–water partition coefficient (Wildman–Crippen LogP) is 3.30. The van der Waals surface area contributed by atoms with Gasteiger partial charge in [0, 0.05) is 18.0 Å². The van der Waals surface area contributed by atoms with Crippen molar-refractivity contribution in [2.24, 2.45) is 0 Å². The van der Waals surface area contributed by atoms with Crippen LogP contribution in [0.25, 0.3) is 0 Å². The van der Waals surface area contributed by atoms with E-state index in [4.69, 9.17) is 4.74 Å². The Bertz CT molecular complexity index is 714. The fourth-order valence-corrected chi connectivity index (χ4v) is 1.76. The third-order valence-electron chi connectivity index (χ3n) is 2.96. The normalized spacial score (nSPS) is 12.5. The van der Waals surface area contributed by atoms with Crippen LogP contribution in [0.4, 0.5) is 13.2 Å². The summed E-state index contributed by atoms with van der Waals surface area (Å²) in [5.41, 5.74) is -0.935. The van der Waals surface area contributed by atoms with Gasteiger partial charge in [0.15, 0.2) is 0 Å². The molecule has 2 rings (SSSR count). The monoisotopic (exact) mass is 323 g/mol. The molecule has 0 aliphatic rings. The van der Waals surface area contributed by atoms with Crippen molar-refractivity contribution in [2.45, 2.75) is 12.3 Å². The van der Waals surface area contributed by atoms with Crippen molar-refractivity contribution in [3.8, 4) is 5.75 Å². The number of carbonyl (C=O) groups excluding carboxylic acids is 1. The SMILES string of the molecule is C=C(C(=O)Oc1cccc(C(F)(F)F)c1)C(O)c1cccnc1. The lowest BCUT2D eigenvalue weighted by atomic mass is 10.1. The lowest BCUT2D eigenvalue weighted by molar-refractivity contribution is -0.138. The van der Waals surface area contributed by atoms with Gasteiger partial charge in [-0.2, -0.15) is 13.2 Å². The summed E-state index contributed by atoms with van der Waals surface area (Å²) in [7, 11) is 0. The van der Waals surface area contributed by atoms with Crippen LogP contribution in [-0.2, 0) is 11.0 Å². The highest BCUT2D eigenvalue weighted by Gasteiger charge is 2.31. The average Bonchev–Trinajstić information content (AvgIpc) is 2.53. The van der Waals surface area contributed by atoms with E-state index < -0.39 is 23.8 Å². The molecule has 0 fully saturated rings. The van der Waals surface area contributed by atoms with Gasteiger partial charge in [0.05, 0.1) is 11.1 Å². The smallest absolute Gasteiger partial charge is 0.416 e. The number of carbonyl (C=O) groups is 1. The van der Waals surface area contributed by atoms with Crippen LogP contribution in [0.3, 0.4) is 0 Å². The van der Waals surface area contributed by atoms with Crippen molar-refractivity contribution in [1.29, 1.82) is 0 Å². The lowest BCUT2D eigenvalue weighted by Crippen LogP contribution is -2.17. The number of pyridine rings is 1. The standard InChI is InChI=1S/C16H12F3NO3/c1-10(14(21)11-4-3-7-20-9-11)15(22)23-13-6-2-5-12(8-13)16(17,18)19/h2-9,14,21H,1H2. The zero-order valence-corrected chi connectivity index (χ0v) is 11.7. The first-order valence-electron chi connectivity index (χ1n) is 6.45. The summed E-state index contributed by atoms with van der Waals surface area (Å²) in [5.74, 6) is -1.31. The van der Waals surface area contributed by atoms with Crippen molar-refractivity contribution in [3.05, 3.63) is 72.1 Å². The molecular formula is C16H12F3NO3. The van der Waals surface area contributed by atoms with Crippen LogP contribution in [0.5, 0.6) is 5.75 Å².